The van der Waals surface area contributed by atoms with Gasteiger partial charge in [0.15, 0.2) is 11.5 Å². The molecule has 6 nitrogen and oxygen atoms in total. The quantitative estimate of drug-likeness (QED) is 0.699. The smallest absolute Gasteiger partial charge is 0.276 e. The number of benzene rings is 2. The van der Waals surface area contributed by atoms with E-state index in [1.165, 1.54) is 0 Å². The highest BCUT2D eigenvalue weighted by molar-refractivity contribution is 6.03. The third-order valence-corrected chi connectivity index (χ3v) is 3.74. The van der Waals surface area contributed by atoms with Crippen LogP contribution < -0.4 is 15.4 Å². The number of nitrogens with one attached hydrogen (secondary N) is 2. The molecule has 0 atom stereocenters. The molecular formula is C20H20N4O2. The van der Waals surface area contributed by atoms with E-state index in [0.29, 0.717) is 12.4 Å². The number of carbonyl (C=O) groups excluding carboxylic acids is 1. The molecule has 0 fully saturated rings. The summed E-state index contributed by atoms with van der Waals surface area (Å²) in [6, 6.07) is 18.5. The average Bonchev–Trinajstić information content (AvgIpc) is 2.66. The second-order valence-corrected chi connectivity index (χ2v) is 5.63. The van der Waals surface area contributed by atoms with Crippen LogP contribution in [0.3, 0.4) is 0 Å². The van der Waals surface area contributed by atoms with Crippen molar-refractivity contribution in [3.63, 3.8) is 0 Å². The highest BCUT2D eigenvalue weighted by atomic mass is 16.5. The number of hydrogen-bond acceptors (Lipinski definition) is 5. The molecule has 0 spiro atoms. The van der Waals surface area contributed by atoms with Crippen molar-refractivity contribution in [3.05, 3.63) is 71.9 Å². The lowest BCUT2D eigenvalue weighted by atomic mass is 10.2. The van der Waals surface area contributed by atoms with E-state index in [4.69, 9.17) is 4.74 Å². The van der Waals surface area contributed by atoms with Gasteiger partial charge in [0.05, 0.1) is 12.3 Å². The molecule has 26 heavy (non-hydrogen) atoms. The zero-order valence-electron chi connectivity index (χ0n) is 14.7. The molecule has 0 bridgehead atoms. The first-order chi connectivity index (χ1) is 12.7. The number of hydrogen-bond donors (Lipinski definition) is 2. The number of ether oxygens (including phenoxy) is 1. The predicted octanol–water partition coefficient (Wildman–Crippen LogP) is 4.18. The highest BCUT2D eigenvalue weighted by Crippen LogP contribution is 2.26. The van der Waals surface area contributed by atoms with Gasteiger partial charge in [-0.15, -0.1) is 10.2 Å². The molecule has 0 aliphatic carbocycles. The van der Waals surface area contributed by atoms with Gasteiger partial charge in [0.2, 0.25) is 0 Å². The Bertz CT molecular complexity index is 894. The summed E-state index contributed by atoms with van der Waals surface area (Å²) >= 11 is 0. The van der Waals surface area contributed by atoms with Crippen molar-refractivity contribution in [2.24, 2.45) is 0 Å². The Morgan fingerprint density at radius 2 is 1.69 bits per heavy atom. The van der Waals surface area contributed by atoms with Gasteiger partial charge in [-0.05, 0) is 49.7 Å². The van der Waals surface area contributed by atoms with Crippen LogP contribution in [0.25, 0.3) is 0 Å². The van der Waals surface area contributed by atoms with Crippen LogP contribution in [0.5, 0.6) is 5.75 Å². The van der Waals surface area contributed by atoms with Crippen LogP contribution in [0, 0.1) is 6.92 Å². The third kappa shape index (κ3) is 4.16. The molecule has 132 valence electrons. The topological polar surface area (TPSA) is 76.1 Å². The van der Waals surface area contributed by atoms with E-state index in [2.05, 4.69) is 20.8 Å². The van der Waals surface area contributed by atoms with Crippen molar-refractivity contribution in [1.82, 2.24) is 10.2 Å². The summed E-state index contributed by atoms with van der Waals surface area (Å²) in [5.41, 5.74) is 2.78. The molecular weight excluding hydrogens is 328 g/mol. The normalized spacial score (nSPS) is 10.2. The lowest BCUT2D eigenvalue weighted by Gasteiger charge is -2.11. The average molecular weight is 348 g/mol. The molecule has 3 rings (SSSR count). The van der Waals surface area contributed by atoms with Crippen LogP contribution in [0.2, 0.25) is 0 Å². The molecule has 0 aliphatic heterocycles. The zero-order valence-corrected chi connectivity index (χ0v) is 14.7. The molecule has 1 heterocycles. The largest absolute Gasteiger partial charge is 0.492 e. The number of para-hydroxylation sites is 3. The Morgan fingerprint density at radius 1 is 0.962 bits per heavy atom. The van der Waals surface area contributed by atoms with Crippen LogP contribution >= 0.6 is 0 Å². The van der Waals surface area contributed by atoms with E-state index in [9.17, 15) is 4.79 Å². The first kappa shape index (κ1) is 17.4. The third-order valence-electron chi connectivity index (χ3n) is 3.74. The minimum Gasteiger partial charge on any atom is -0.492 e. The lowest BCUT2D eigenvalue weighted by molar-refractivity contribution is 0.102. The van der Waals surface area contributed by atoms with Crippen LogP contribution in [0.4, 0.5) is 17.2 Å². The molecule has 0 radical (unpaired) electrons. The summed E-state index contributed by atoms with van der Waals surface area (Å²) in [6.07, 6.45) is 0. The Labute approximate surface area is 152 Å². The first-order valence-corrected chi connectivity index (χ1v) is 8.37. The molecule has 1 aromatic heterocycles. The maximum absolute atomic E-state index is 12.3. The number of aryl methyl sites for hydroxylation is 1. The number of anilines is 3. The van der Waals surface area contributed by atoms with Gasteiger partial charge >= 0.3 is 0 Å². The van der Waals surface area contributed by atoms with Crippen LogP contribution in [0.1, 0.15) is 23.0 Å². The van der Waals surface area contributed by atoms with Gasteiger partial charge in [-0.1, -0.05) is 30.3 Å². The molecule has 0 aliphatic rings. The minimum absolute atomic E-state index is 0.247. The van der Waals surface area contributed by atoms with Crippen molar-refractivity contribution in [3.8, 4) is 5.75 Å². The van der Waals surface area contributed by atoms with Gasteiger partial charge in [-0.3, -0.25) is 4.79 Å². The van der Waals surface area contributed by atoms with Crippen molar-refractivity contribution in [1.29, 1.82) is 0 Å². The molecule has 2 aromatic carbocycles. The Kier molecular flexibility index (Phi) is 5.43. The minimum atomic E-state index is -0.298. The van der Waals surface area contributed by atoms with E-state index in [0.717, 1.165) is 22.7 Å². The maximum Gasteiger partial charge on any atom is 0.276 e. The SMILES string of the molecule is CCOc1ccccc1Nc1ccc(C(=O)Nc2ccccc2C)nn1. The number of carbonyl (C=O) groups is 1. The summed E-state index contributed by atoms with van der Waals surface area (Å²) < 4.78 is 5.57. The summed E-state index contributed by atoms with van der Waals surface area (Å²) in [5.74, 6) is 0.968. The van der Waals surface area contributed by atoms with E-state index in [-0.39, 0.29) is 11.6 Å². The summed E-state index contributed by atoms with van der Waals surface area (Å²) in [7, 11) is 0. The predicted molar refractivity (Wildman–Crippen MR) is 102 cm³/mol. The van der Waals surface area contributed by atoms with Gasteiger partial charge in [-0.25, -0.2) is 0 Å². The lowest BCUT2D eigenvalue weighted by Crippen LogP contribution is -2.15. The van der Waals surface area contributed by atoms with Crippen LogP contribution in [-0.4, -0.2) is 22.7 Å². The maximum atomic E-state index is 12.3. The molecule has 2 N–H and O–H groups in total. The second-order valence-electron chi connectivity index (χ2n) is 5.63. The Hall–Kier alpha value is -3.41. The number of nitrogens with zero attached hydrogens (tertiary/aromatic N) is 2. The Morgan fingerprint density at radius 3 is 2.38 bits per heavy atom. The van der Waals surface area contributed by atoms with Crippen molar-refractivity contribution < 1.29 is 9.53 Å². The standard InChI is InChI=1S/C20H20N4O2/c1-3-26-18-11-7-6-10-16(18)21-19-13-12-17(23-24-19)20(25)22-15-9-5-4-8-14(15)2/h4-13H,3H2,1-2H3,(H,21,24)(H,22,25). The molecule has 0 saturated heterocycles. The zero-order chi connectivity index (χ0) is 18.4. The van der Waals surface area contributed by atoms with E-state index < -0.39 is 0 Å². The second kappa shape index (κ2) is 8.11. The van der Waals surface area contributed by atoms with Crippen molar-refractivity contribution >= 4 is 23.1 Å². The van der Waals surface area contributed by atoms with Gasteiger partial charge < -0.3 is 15.4 Å². The van der Waals surface area contributed by atoms with Gasteiger partial charge in [0.1, 0.15) is 5.75 Å². The van der Waals surface area contributed by atoms with E-state index in [1.807, 2.05) is 62.4 Å². The van der Waals surface area contributed by atoms with Gasteiger partial charge in [0.25, 0.3) is 5.91 Å². The van der Waals surface area contributed by atoms with E-state index in [1.54, 1.807) is 12.1 Å². The van der Waals surface area contributed by atoms with E-state index >= 15 is 0 Å². The van der Waals surface area contributed by atoms with Gasteiger partial charge in [-0.2, -0.15) is 0 Å². The first-order valence-electron chi connectivity index (χ1n) is 8.37. The molecule has 0 saturated carbocycles. The van der Waals surface area contributed by atoms with Crippen molar-refractivity contribution in [2.75, 3.05) is 17.2 Å². The number of aromatic nitrogens is 2. The fourth-order valence-electron chi connectivity index (χ4n) is 2.41. The monoisotopic (exact) mass is 348 g/mol. The van der Waals surface area contributed by atoms with Crippen molar-refractivity contribution in [2.45, 2.75) is 13.8 Å². The summed E-state index contributed by atoms with van der Waals surface area (Å²) in [5, 5.41) is 14.1. The molecule has 0 unspecified atom stereocenters. The highest BCUT2D eigenvalue weighted by Gasteiger charge is 2.10. The van der Waals surface area contributed by atoms with Gasteiger partial charge in [0, 0.05) is 5.69 Å². The summed E-state index contributed by atoms with van der Waals surface area (Å²) in [6.45, 7) is 4.44. The fraction of sp³-hybridized carbons (Fsp3) is 0.150. The molecule has 3 aromatic rings. The van der Waals surface area contributed by atoms with Crippen LogP contribution in [-0.2, 0) is 0 Å². The Balaban J connectivity index is 1.71. The number of amides is 1. The summed E-state index contributed by atoms with van der Waals surface area (Å²) in [4.78, 5) is 12.3. The molecule has 1 amide bonds. The van der Waals surface area contributed by atoms with Crippen LogP contribution in [0.15, 0.2) is 60.7 Å². The number of rotatable bonds is 6. The fourth-order valence-corrected chi connectivity index (χ4v) is 2.41. The molecule has 6 heteroatoms.